The molecule has 4 amide bonds. The van der Waals surface area contributed by atoms with Gasteiger partial charge in [-0.2, -0.15) is 0 Å². The molecule has 0 saturated carbocycles. The fourth-order valence-electron chi connectivity index (χ4n) is 2.18. The molecule has 0 bridgehead atoms. The molecule has 0 aliphatic carbocycles. The van der Waals surface area contributed by atoms with E-state index in [9.17, 15) is 19.2 Å². The molecular weight excluding hydrogens is 288 g/mol. The summed E-state index contributed by atoms with van der Waals surface area (Å²) in [7, 11) is 0. The number of nitrogens with one attached hydrogen (secondary N) is 2. The molecule has 2 N–H and O–H groups in total. The highest BCUT2D eigenvalue weighted by atomic mass is 16.2. The van der Waals surface area contributed by atoms with Crippen molar-refractivity contribution in [3.8, 4) is 0 Å². The second-order valence-corrected chi connectivity index (χ2v) is 5.22. The summed E-state index contributed by atoms with van der Waals surface area (Å²) < 4.78 is 0. The minimum Gasteiger partial charge on any atom is -0.356 e. The highest BCUT2D eigenvalue weighted by Gasteiger charge is 2.21. The Morgan fingerprint density at radius 1 is 0.818 bits per heavy atom. The first-order valence-electron chi connectivity index (χ1n) is 7.44. The van der Waals surface area contributed by atoms with Crippen molar-refractivity contribution in [2.45, 2.75) is 26.7 Å². The molecule has 0 aromatic heterocycles. The lowest BCUT2D eigenvalue weighted by molar-refractivity contribution is -0.138. The quantitative estimate of drug-likeness (QED) is 0.637. The molecule has 1 fully saturated rings. The van der Waals surface area contributed by atoms with Crippen LogP contribution in [0.25, 0.3) is 0 Å². The minimum absolute atomic E-state index is 0.0228. The van der Waals surface area contributed by atoms with E-state index in [1.165, 1.54) is 13.8 Å². The van der Waals surface area contributed by atoms with Crippen LogP contribution in [-0.4, -0.2) is 72.7 Å². The third kappa shape index (κ3) is 6.55. The second-order valence-electron chi connectivity index (χ2n) is 5.22. The van der Waals surface area contributed by atoms with Crippen LogP contribution in [0.3, 0.4) is 0 Å². The summed E-state index contributed by atoms with van der Waals surface area (Å²) in [4.78, 5) is 48.7. The summed E-state index contributed by atoms with van der Waals surface area (Å²) in [6, 6.07) is 0. The van der Waals surface area contributed by atoms with Gasteiger partial charge < -0.3 is 20.4 Å². The standard InChI is InChI=1S/C14H24N4O4/c1-11(19)15-5-3-13(21)16-6-4-14(22)18-9-7-17(8-10-18)12(2)20/h3-10H2,1-2H3,(H,15,19)(H,16,21). The number of hydrogen-bond acceptors (Lipinski definition) is 4. The maximum absolute atomic E-state index is 12.0. The number of carbonyl (C=O) groups is 4. The third-order valence-corrected chi connectivity index (χ3v) is 3.46. The van der Waals surface area contributed by atoms with Gasteiger partial charge in [-0.1, -0.05) is 0 Å². The molecule has 0 aromatic rings. The van der Waals surface area contributed by atoms with Crippen molar-refractivity contribution >= 4 is 23.6 Å². The van der Waals surface area contributed by atoms with Crippen LogP contribution in [0.15, 0.2) is 0 Å². The van der Waals surface area contributed by atoms with Gasteiger partial charge in [0.1, 0.15) is 0 Å². The normalized spacial score (nSPS) is 14.5. The second kappa shape index (κ2) is 9.01. The van der Waals surface area contributed by atoms with E-state index >= 15 is 0 Å². The summed E-state index contributed by atoms with van der Waals surface area (Å²) in [5.74, 6) is -0.362. The van der Waals surface area contributed by atoms with E-state index in [0.29, 0.717) is 32.7 Å². The molecule has 8 heteroatoms. The van der Waals surface area contributed by atoms with Crippen molar-refractivity contribution in [1.82, 2.24) is 20.4 Å². The van der Waals surface area contributed by atoms with E-state index in [2.05, 4.69) is 10.6 Å². The van der Waals surface area contributed by atoms with E-state index in [1.807, 2.05) is 0 Å². The number of amides is 4. The van der Waals surface area contributed by atoms with Crippen LogP contribution in [0.1, 0.15) is 26.7 Å². The van der Waals surface area contributed by atoms with Gasteiger partial charge in [0, 0.05) is 66.0 Å². The van der Waals surface area contributed by atoms with Crippen molar-refractivity contribution in [2.24, 2.45) is 0 Å². The number of hydrogen-bond donors (Lipinski definition) is 2. The lowest BCUT2D eigenvalue weighted by Gasteiger charge is -2.34. The van der Waals surface area contributed by atoms with E-state index in [1.54, 1.807) is 9.80 Å². The maximum atomic E-state index is 12.0. The molecule has 1 heterocycles. The summed E-state index contributed by atoms with van der Waals surface area (Å²) in [5, 5.41) is 5.18. The van der Waals surface area contributed by atoms with Crippen LogP contribution in [0, 0.1) is 0 Å². The van der Waals surface area contributed by atoms with Crippen molar-refractivity contribution < 1.29 is 19.2 Å². The average molecular weight is 312 g/mol. The van der Waals surface area contributed by atoms with Crippen molar-refractivity contribution in [1.29, 1.82) is 0 Å². The van der Waals surface area contributed by atoms with E-state index in [0.717, 1.165) is 0 Å². The predicted octanol–water partition coefficient (Wildman–Crippen LogP) is -1.29. The monoisotopic (exact) mass is 312 g/mol. The number of rotatable bonds is 6. The lowest BCUT2D eigenvalue weighted by Crippen LogP contribution is -2.50. The van der Waals surface area contributed by atoms with Gasteiger partial charge in [-0.05, 0) is 0 Å². The molecule has 0 radical (unpaired) electrons. The van der Waals surface area contributed by atoms with Crippen LogP contribution >= 0.6 is 0 Å². The smallest absolute Gasteiger partial charge is 0.224 e. The maximum Gasteiger partial charge on any atom is 0.224 e. The molecule has 1 aliphatic rings. The number of nitrogens with zero attached hydrogens (tertiary/aromatic N) is 2. The Kier molecular flexibility index (Phi) is 7.34. The fourth-order valence-corrected chi connectivity index (χ4v) is 2.18. The minimum atomic E-state index is -0.192. The molecule has 124 valence electrons. The molecular formula is C14H24N4O4. The van der Waals surface area contributed by atoms with Gasteiger partial charge in [-0.3, -0.25) is 19.2 Å². The Morgan fingerprint density at radius 3 is 1.91 bits per heavy atom. The Bertz CT molecular complexity index is 431. The van der Waals surface area contributed by atoms with E-state index in [4.69, 9.17) is 0 Å². The van der Waals surface area contributed by atoms with Crippen LogP contribution in [-0.2, 0) is 19.2 Å². The molecule has 0 unspecified atom stereocenters. The van der Waals surface area contributed by atoms with Gasteiger partial charge in [0.15, 0.2) is 0 Å². The Labute approximate surface area is 130 Å². The molecule has 0 aromatic carbocycles. The highest BCUT2D eigenvalue weighted by Crippen LogP contribution is 2.03. The van der Waals surface area contributed by atoms with Gasteiger partial charge in [0.25, 0.3) is 0 Å². The van der Waals surface area contributed by atoms with Gasteiger partial charge in [-0.25, -0.2) is 0 Å². The van der Waals surface area contributed by atoms with Gasteiger partial charge in [0.2, 0.25) is 23.6 Å². The lowest BCUT2D eigenvalue weighted by atomic mass is 10.2. The highest BCUT2D eigenvalue weighted by molar-refractivity contribution is 5.80. The zero-order chi connectivity index (χ0) is 16.5. The largest absolute Gasteiger partial charge is 0.356 e. The number of piperazine rings is 1. The molecule has 1 rings (SSSR count). The average Bonchev–Trinajstić information content (AvgIpc) is 2.46. The molecule has 0 spiro atoms. The molecule has 1 saturated heterocycles. The molecule has 22 heavy (non-hydrogen) atoms. The van der Waals surface area contributed by atoms with Crippen LogP contribution in [0.5, 0.6) is 0 Å². The SMILES string of the molecule is CC(=O)NCCC(=O)NCCC(=O)N1CCN(C(C)=O)CC1. The zero-order valence-corrected chi connectivity index (χ0v) is 13.2. The Balaban J connectivity index is 2.14. The Morgan fingerprint density at radius 2 is 1.36 bits per heavy atom. The first-order valence-corrected chi connectivity index (χ1v) is 7.44. The van der Waals surface area contributed by atoms with Crippen molar-refractivity contribution in [3.05, 3.63) is 0 Å². The van der Waals surface area contributed by atoms with Crippen molar-refractivity contribution in [2.75, 3.05) is 39.3 Å². The fraction of sp³-hybridized carbons (Fsp3) is 0.714. The Hall–Kier alpha value is -2.12. The first-order chi connectivity index (χ1) is 10.4. The van der Waals surface area contributed by atoms with E-state index in [-0.39, 0.29) is 43.0 Å². The molecule has 1 aliphatic heterocycles. The van der Waals surface area contributed by atoms with Crippen molar-refractivity contribution in [3.63, 3.8) is 0 Å². The molecule has 8 nitrogen and oxygen atoms in total. The van der Waals surface area contributed by atoms with Crippen LogP contribution in [0.2, 0.25) is 0 Å². The summed E-state index contributed by atoms with van der Waals surface area (Å²) in [6.45, 7) is 5.68. The third-order valence-electron chi connectivity index (χ3n) is 3.46. The predicted molar refractivity (Wildman–Crippen MR) is 79.8 cm³/mol. The summed E-state index contributed by atoms with van der Waals surface area (Å²) in [5.41, 5.74) is 0. The topological polar surface area (TPSA) is 98.8 Å². The zero-order valence-electron chi connectivity index (χ0n) is 13.2. The first kappa shape index (κ1) is 17.9. The van der Waals surface area contributed by atoms with Gasteiger partial charge >= 0.3 is 0 Å². The molecule has 0 atom stereocenters. The number of carbonyl (C=O) groups excluding carboxylic acids is 4. The van der Waals surface area contributed by atoms with Crippen LogP contribution < -0.4 is 10.6 Å². The van der Waals surface area contributed by atoms with E-state index < -0.39 is 0 Å². The summed E-state index contributed by atoms with van der Waals surface area (Å²) in [6.07, 6.45) is 0.441. The van der Waals surface area contributed by atoms with Gasteiger partial charge in [0.05, 0.1) is 0 Å². The van der Waals surface area contributed by atoms with Crippen LogP contribution in [0.4, 0.5) is 0 Å². The summed E-state index contributed by atoms with van der Waals surface area (Å²) >= 11 is 0. The van der Waals surface area contributed by atoms with Gasteiger partial charge in [-0.15, -0.1) is 0 Å².